The summed E-state index contributed by atoms with van der Waals surface area (Å²) in [6.45, 7) is 3.51. The van der Waals surface area contributed by atoms with Gasteiger partial charge in [-0.1, -0.05) is 32.0 Å². The lowest BCUT2D eigenvalue weighted by atomic mass is 10.0. The Bertz CT molecular complexity index is 1060. The Morgan fingerprint density at radius 1 is 1.18 bits per heavy atom. The molecule has 1 aliphatic heterocycles. The molecule has 34 heavy (non-hydrogen) atoms. The molecule has 1 aliphatic rings. The number of hydrogen-bond donors (Lipinski definition) is 2. The molecule has 3 rings (SSSR count). The first-order valence-electron chi connectivity index (χ1n) is 11.2. The maximum absolute atomic E-state index is 14.1. The topological polar surface area (TPSA) is 87.7 Å². The van der Waals surface area contributed by atoms with Crippen LogP contribution >= 0.6 is 0 Å². The van der Waals surface area contributed by atoms with Crippen molar-refractivity contribution >= 4 is 23.4 Å². The first-order valence-corrected chi connectivity index (χ1v) is 11.2. The van der Waals surface area contributed by atoms with Crippen LogP contribution in [0.1, 0.15) is 38.7 Å². The van der Waals surface area contributed by atoms with E-state index in [4.69, 9.17) is 4.74 Å². The fourth-order valence-electron chi connectivity index (χ4n) is 3.98. The maximum Gasteiger partial charge on any atom is 0.247 e. The molecule has 182 valence electrons. The van der Waals surface area contributed by atoms with Gasteiger partial charge in [0.15, 0.2) is 11.6 Å². The van der Waals surface area contributed by atoms with Crippen LogP contribution in [0.4, 0.5) is 14.5 Å². The monoisotopic (exact) mass is 473 g/mol. The number of rotatable bonds is 9. The molecule has 0 bridgehead atoms. The number of anilines is 1. The number of benzene rings is 2. The first kappa shape index (κ1) is 25.1. The maximum atomic E-state index is 14.1. The highest BCUT2D eigenvalue weighted by Gasteiger charge is 2.34. The van der Waals surface area contributed by atoms with Crippen molar-refractivity contribution in [3.8, 4) is 5.75 Å². The second-order valence-corrected chi connectivity index (χ2v) is 8.64. The fourth-order valence-corrected chi connectivity index (χ4v) is 3.98. The van der Waals surface area contributed by atoms with E-state index in [-0.39, 0.29) is 42.7 Å². The molecule has 1 heterocycles. The molecule has 2 N–H and O–H groups in total. The van der Waals surface area contributed by atoms with E-state index in [1.165, 1.54) is 24.1 Å². The molecule has 0 aliphatic carbocycles. The van der Waals surface area contributed by atoms with E-state index in [1.54, 1.807) is 24.3 Å². The molecule has 0 spiro atoms. The van der Waals surface area contributed by atoms with Crippen LogP contribution in [0.2, 0.25) is 0 Å². The third-order valence-corrected chi connectivity index (χ3v) is 5.85. The van der Waals surface area contributed by atoms with E-state index in [1.807, 2.05) is 13.8 Å². The highest BCUT2D eigenvalue weighted by Crippen LogP contribution is 2.25. The summed E-state index contributed by atoms with van der Waals surface area (Å²) in [7, 11) is 1.53. The summed E-state index contributed by atoms with van der Waals surface area (Å²) in [6, 6.07) is 9.42. The SMILES string of the molecule is COc1cccc(NC(=O)C(NC(=O)C[C@@H]2CCC(=O)N2Cc2cccc(F)c2F)C(C)C)c1. The van der Waals surface area contributed by atoms with Gasteiger partial charge < -0.3 is 20.3 Å². The zero-order valence-electron chi connectivity index (χ0n) is 19.4. The summed E-state index contributed by atoms with van der Waals surface area (Å²) < 4.78 is 32.8. The van der Waals surface area contributed by atoms with Gasteiger partial charge in [-0.2, -0.15) is 0 Å². The Morgan fingerprint density at radius 3 is 2.62 bits per heavy atom. The predicted molar refractivity (Wildman–Crippen MR) is 123 cm³/mol. The number of carbonyl (C=O) groups excluding carboxylic acids is 3. The van der Waals surface area contributed by atoms with Gasteiger partial charge in [0, 0.05) is 42.7 Å². The number of amides is 3. The van der Waals surface area contributed by atoms with Gasteiger partial charge in [-0.3, -0.25) is 14.4 Å². The Balaban J connectivity index is 1.64. The Hall–Kier alpha value is -3.49. The molecule has 9 heteroatoms. The van der Waals surface area contributed by atoms with Crippen molar-refractivity contribution in [3.05, 3.63) is 59.7 Å². The highest BCUT2D eigenvalue weighted by molar-refractivity contribution is 5.97. The molecule has 0 aromatic heterocycles. The van der Waals surface area contributed by atoms with Crippen LogP contribution < -0.4 is 15.4 Å². The van der Waals surface area contributed by atoms with E-state index in [9.17, 15) is 23.2 Å². The van der Waals surface area contributed by atoms with Gasteiger partial charge in [-0.05, 0) is 30.5 Å². The summed E-state index contributed by atoms with van der Waals surface area (Å²) in [5, 5.41) is 5.54. The van der Waals surface area contributed by atoms with Crippen LogP contribution in [-0.4, -0.2) is 41.8 Å². The van der Waals surface area contributed by atoms with Crippen LogP contribution in [0, 0.1) is 17.6 Å². The largest absolute Gasteiger partial charge is 0.497 e. The summed E-state index contributed by atoms with van der Waals surface area (Å²) in [4.78, 5) is 39.4. The van der Waals surface area contributed by atoms with Crippen molar-refractivity contribution in [2.45, 2.75) is 51.7 Å². The van der Waals surface area contributed by atoms with E-state index in [0.717, 1.165) is 6.07 Å². The number of nitrogens with zero attached hydrogens (tertiary/aromatic N) is 1. The van der Waals surface area contributed by atoms with Crippen molar-refractivity contribution < 1.29 is 27.9 Å². The molecule has 0 radical (unpaired) electrons. The number of likely N-dealkylation sites (tertiary alicyclic amines) is 1. The normalized spacial score (nSPS) is 16.5. The molecule has 1 unspecified atom stereocenters. The molecule has 1 saturated heterocycles. The lowest BCUT2D eigenvalue weighted by Crippen LogP contribution is -2.48. The summed E-state index contributed by atoms with van der Waals surface area (Å²) >= 11 is 0. The predicted octanol–water partition coefficient (Wildman–Crippen LogP) is 3.63. The minimum absolute atomic E-state index is 0.0433. The van der Waals surface area contributed by atoms with Crippen molar-refractivity contribution in [1.29, 1.82) is 0 Å². The van der Waals surface area contributed by atoms with Gasteiger partial charge in [0.1, 0.15) is 11.8 Å². The smallest absolute Gasteiger partial charge is 0.247 e. The third kappa shape index (κ3) is 6.09. The molecule has 2 atom stereocenters. The second kappa shape index (κ2) is 11.1. The number of hydrogen-bond acceptors (Lipinski definition) is 4. The number of methoxy groups -OCH3 is 1. The van der Waals surface area contributed by atoms with Crippen LogP contribution in [0.25, 0.3) is 0 Å². The molecule has 2 aromatic carbocycles. The van der Waals surface area contributed by atoms with Gasteiger partial charge in [0.05, 0.1) is 7.11 Å². The van der Waals surface area contributed by atoms with Crippen LogP contribution in [0.5, 0.6) is 5.75 Å². The lowest BCUT2D eigenvalue weighted by Gasteiger charge is -2.27. The van der Waals surface area contributed by atoms with Crippen molar-refractivity contribution in [3.63, 3.8) is 0 Å². The highest BCUT2D eigenvalue weighted by atomic mass is 19.2. The van der Waals surface area contributed by atoms with E-state index in [0.29, 0.717) is 17.9 Å². The minimum atomic E-state index is -1.00. The van der Waals surface area contributed by atoms with Crippen LogP contribution in [0.15, 0.2) is 42.5 Å². The number of ether oxygens (including phenoxy) is 1. The van der Waals surface area contributed by atoms with Crippen molar-refractivity contribution in [2.75, 3.05) is 12.4 Å². The van der Waals surface area contributed by atoms with E-state index in [2.05, 4.69) is 10.6 Å². The quantitative estimate of drug-likeness (QED) is 0.582. The number of carbonyl (C=O) groups is 3. The average Bonchev–Trinajstić information content (AvgIpc) is 3.13. The molecule has 1 fully saturated rings. The molecule has 2 aromatic rings. The molecule has 3 amide bonds. The summed E-state index contributed by atoms with van der Waals surface area (Å²) in [6.07, 6.45) is 0.600. The molecular weight excluding hydrogens is 444 g/mol. The fraction of sp³-hybridized carbons (Fsp3) is 0.400. The standard InChI is InChI=1S/C25H29F2N3O4/c1-15(2)24(25(33)28-17-7-5-8-19(12-17)34-3)29-21(31)13-18-10-11-22(32)30(18)14-16-6-4-9-20(26)23(16)27/h4-9,12,15,18,24H,10-11,13-14H2,1-3H3,(H,28,33)(H,29,31)/t18-,24?/m0/s1. The third-order valence-electron chi connectivity index (χ3n) is 5.85. The summed E-state index contributed by atoms with van der Waals surface area (Å²) in [5.41, 5.74) is 0.590. The van der Waals surface area contributed by atoms with Gasteiger partial charge in [0.25, 0.3) is 0 Å². The number of nitrogens with one attached hydrogen (secondary N) is 2. The van der Waals surface area contributed by atoms with E-state index >= 15 is 0 Å². The minimum Gasteiger partial charge on any atom is -0.497 e. The summed E-state index contributed by atoms with van der Waals surface area (Å²) in [5.74, 6) is -2.60. The van der Waals surface area contributed by atoms with Crippen LogP contribution in [-0.2, 0) is 20.9 Å². The van der Waals surface area contributed by atoms with E-state index < -0.39 is 29.6 Å². The molecule has 0 saturated carbocycles. The average molecular weight is 474 g/mol. The lowest BCUT2D eigenvalue weighted by molar-refractivity contribution is -0.131. The van der Waals surface area contributed by atoms with Gasteiger partial charge >= 0.3 is 0 Å². The van der Waals surface area contributed by atoms with Crippen molar-refractivity contribution in [2.24, 2.45) is 5.92 Å². The Kier molecular flexibility index (Phi) is 8.20. The Morgan fingerprint density at radius 2 is 1.91 bits per heavy atom. The van der Waals surface area contributed by atoms with Gasteiger partial charge in [-0.25, -0.2) is 8.78 Å². The first-order chi connectivity index (χ1) is 16.2. The number of halogens is 2. The second-order valence-electron chi connectivity index (χ2n) is 8.64. The molecule has 7 nitrogen and oxygen atoms in total. The van der Waals surface area contributed by atoms with Gasteiger partial charge in [-0.15, -0.1) is 0 Å². The molecular formula is C25H29F2N3O4. The zero-order valence-corrected chi connectivity index (χ0v) is 19.4. The zero-order chi connectivity index (χ0) is 24.8. The van der Waals surface area contributed by atoms with Crippen LogP contribution in [0.3, 0.4) is 0 Å². The van der Waals surface area contributed by atoms with Gasteiger partial charge in [0.2, 0.25) is 17.7 Å². The van der Waals surface area contributed by atoms with Crippen molar-refractivity contribution in [1.82, 2.24) is 10.2 Å². The Labute approximate surface area is 197 Å².